The minimum atomic E-state index is -1.04. The number of aryl methyl sites for hydroxylation is 1. The van der Waals surface area contributed by atoms with Crippen molar-refractivity contribution in [3.05, 3.63) is 102 Å². The molecule has 2 aromatic heterocycles. The summed E-state index contributed by atoms with van der Waals surface area (Å²) in [6, 6.07) is 12.6. The Labute approximate surface area is 244 Å². The highest BCUT2D eigenvalue weighted by Crippen LogP contribution is 2.37. The van der Waals surface area contributed by atoms with Crippen molar-refractivity contribution in [3.63, 3.8) is 0 Å². The van der Waals surface area contributed by atoms with Gasteiger partial charge in [0, 0.05) is 23.3 Å². The van der Waals surface area contributed by atoms with Crippen LogP contribution >= 0.6 is 11.3 Å². The van der Waals surface area contributed by atoms with Gasteiger partial charge in [0.25, 0.3) is 5.56 Å². The molecule has 0 radical (unpaired) electrons. The number of hydrogen-bond donors (Lipinski definition) is 1. The van der Waals surface area contributed by atoms with Crippen molar-refractivity contribution in [1.82, 2.24) is 4.57 Å². The van der Waals surface area contributed by atoms with Gasteiger partial charge in [-0.05, 0) is 62.7 Å². The number of nitrogens with zero attached hydrogens (tertiary/aromatic N) is 2. The molecule has 0 spiro atoms. The molecule has 0 aliphatic carbocycles. The second-order valence-corrected chi connectivity index (χ2v) is 10.5. The molecule has 0 fully saturated rings. The van der Waals surface area contributed by atoms with Gasteiger partial charge in [-0.15, -0.1) is 0 Å². The molecule has 0 saturated heterocycles. The summed E-state index contributed by atoms with van der Waals surface area (Å²) in [4.78, 5) is 43.6. The number of aromatic carboxylic acids is 1. The molecular formula is C31H28N2O8S. The van der Waals surface area contributed by atoms with Crippen LogP contribution in [0.2, 0.25) is 0 Å². The van der Waals surface area contributed by atoms with Gasteiger partial charge in [-0.2, -0.15) is 0 Å². The second kappa shape index (κ2) is 11.5. The van der Waals surface area contributed by atoms with Crippen LogP contribution in [0.4, 0.5) is 0 Å². The Kier molecular flexibility index (Phi) is 7.86. The van der Waals surface area contributed by atoms with E-state index in [4.69, 9.17) is 18.6 Å². The summed E-state index contributed by atoms with van der Waals surface area (Å²) in [6.45, 7) is 5.43. The molecule has 42 heavy (non-hydrogen) atoms. The molecule has 1 aliphatic heterocycles. The Balaban J connectivity index is 1.66. The minimum absolute atomic E-state index is 0.142. The zero-order valence-corrected chi connectivity index (χ0v) is 24.4. The number of esters is 1. The molecule has 0 saturated carbocycles. The number of carboxylic acid groups (broad SMARTS) is 1. The molecular weight excluding hydrogens is 560 g/mol. The Morgan fingerprint density at radius 1 is 1.10 bits per heavy atom. The molecule has 1 atom stereocenters. The van der Waals surface area contributed by atoms with Crippen molar-refractivity contribution in [2.45, 2.75) is 26.8 Å². The fraction of sp³-hybridized carbons (Fsp3) is 0.226. The number of carbonyl (C=O) groups is 2. The van der Waals surface area contributed by atoms with Crippen LogP contribution in [-0.2, 0) is 9.53 Å². The van der Waals surface area contributed by atoms with Gasteiger partial charge in [0.15, 0.2) is 4.80 Å². The van der Waals surface area contributed by atoms with Crippen molar-refractivity contribution in [2.75, 3.05) is 20.8 Å². The van der Waals surface area contributed by atoms with Gasteiger partial charge in [-0.3, -0.25) is 9.36 Å². The summed E-state index contributed by atoms with van der Waals surface area (Å²) in [5.41, 5.74) is 2.47. The van der Waals surface area contributed by atoms with Crippen LogP contribution in [0.1, 0.15) is 47.1 Å². The topological polar surface area (TPSA) is 130 Å². The fourth-order valence-electron chi connectivity index (χ4n) is 4.85. The average Bonchev–Trinajstić information content (AvgIpc) is 3.56. The Morgan fingerprint density at radius 3 is 2.57 bits per heavy atom. The summed E-state index contributed by atoms with van der Waals surface area (Å²) in [7, 11) is 3.04. The number of allylic oxidation sites excluding steroid dienone is 1. The number of thiazole rings is 1. The molecule has 1 N–H and O–H groups in total. The first-order valence-corrected chi connectivity index (χ1v) is 13.8. The lowest BCUT2D eigenvalue weighted by Gasteiger charge is -2.26. The van der Waals surface area contributed by atoms with Crippen LogP contribution in [0.15, 0.2) is 74.0 Å². The zero-order valence-electron chi connectivity index (χ0n) is 23.6. The molecule has 216 valence electrons. The SMILES string of the molecule is CCOC(=O)C1=C(C)N=c2s/c(=C\c3ccc(-c4cc(C(=O)O)ccc4C)o3)c(=O)n2[C@H]1c1ccc(OC)cc1OC. The largest absolute Gasteiger partial charge is 0.497 e. The number of furan rings is 1. The Bertz CT molecular complexity index is 1930. The van der Waals surface area contributed by atoms with E-state index in [1.54, 1.807) is 62.4 Å². The van der Waals surface area contributed by atoms with E-state index in [0.717, 1.165) is 16.9 Å². The fourth-order valence-corrected chi connectivity index (χ4v) is 5.88. The van der Waals surface area contributed by atoms with E-state index in [-0.39, 0.29) is 23.3 Å². The lowest BCUT2D eigenvalue weighted by atomic mass is 9.95. The predicted octanol–water partition coefficient (Wildman–Crippen LogP) is 4.08. The van der Waals surface area contributed by atoms with Crippen LogP contribution in [0.25, 0.3) is 17.4 Å². The number of methoxy groups -OCH3 is 2. The molecule has 1 aliphatic rings. The van der Waals surface area contributed by atoms with Gasteiger partial charge in [0.1, 0.15) is 29.1 Å². The second-order valence-electron chi connectivity index (χ2n) is 9.45. The molecule has 0 bridgehead atoms. The van der Waals surface area contributed by atoms with Crippen molar-refractivity contribution >= 4 is 29.4 Å². The smallest absolute Gasteiger partial charge is 0.338 e. The molecule has 10 nitrogen and oxygen atoms in total. The van der Waals surface area contributed by atoms with Crippen molar-refractivity contribution in [2.24, 2.45) is 4.99 Å². The van der Waals surface area contributed by atoms with Gasteiger partial charge in [-0.1, -0.05) is 17.4 Å². The maximum atomic E-state index is 13.9. The quantitative estimate of drug-likeness (QED) is 0.305. The first-order valence-electron chi connectivity index (χ1n) is 13.0. The number of ether oxygens (including phenoxy) is 3. The minimum Gasteiger partial charge on any atom is -0.497 e. The lowest BCUT2D eigenvalue weighted by Crippen LogP contribution is -2.40. The van der Waals surface area contributed by atoms with Gasteiger partial charge in [0.2, 0.25) is 0 Å². The zero-order chi connectivity index (χ0) is 30.1. The van der Waals surface area contributed by atoms with Crippen LogP contribution < -0.4 is 24.4 Å². The van der Waals surface area contributed by atoms with Gasteiger partial charge in [-0.25, -0.2) is 14.6 Å². The van der Waals surface area contributed by atoms with Gasteiger partial charge < -0.3 is 23.7 Å². The lowest BCUT2D eigenvalue weighted by molar-refractivity contribution is -0.139. The summed E-state index contributed by atoms with van der Waals surface area (Å²) in [6.07, 6.45) is 1.61. The summed E-state index contributed by atoms with van der Waals surface area (Å²) >= 11 is 1.16. The highest BCUT2D eigenvalue weighted by Gasteiger charge is 2.35. The number of fused-ring (bicyclic) bond motifs is 1. The van der Waals surface area contributed by atoms with E-state index in [2.05, 4.69) is 4.99 Å². The average molecular weight is 589 g/mol. The van der Waals surface area contributed by atoms with Gasteiger partial charge in [0.05, 0.1) is 42.2 Å². The van der Waals surface area contributed by atoms with Gasteiger partial charge >= 0.3 is 11.9 Å². The van der Waals surface area contributed by atoms with E-state index < -0.39 is 18.0 Å². The maximum Gasteiger partial charge on any atom is 0.338 e. The molecule has 3 heterocycles. The van der Waals surface area contributed by atoms with Crippen molar-refractivity contribution in [1.29, 1.82) is 0 Å². The van der Waals surface area contributed by atoms with E-state index in [1.807, 2.05) is 6.92 Å². The first-order chi connectivity index (χ1) is 20.2. The number of carboxylic acids is 1. The normalized spacial score (nSPS) is 14.8. The number of benzene rings is 2. The van der Waals surface area contributed by atoms with Crippen LogP contribution in [0, 0.1) is 6.92 Å². The number of aromatic nitrogens is 1. The molecule has 4 aromatic rings. The number of carbonyl (C=O) groups excluding carboxylic acids is 1. The van der Waals surface area contributed by atoms with E-state index >= 15 is 0 Å². The number of rotatable bonds is 8. The third-order valence-corrected chi connectivity index (χ3v) is 7.89. The maximum absolute atomic E-state index is 13.9. The van der Waals surface area contributed by atoms with E-state index in [9.17, 15) is 19.5 Å². The highest BCUT2D eigenvalue weighted by atomic mass is 32.1. The van der Waals surface area contributed by atoms with E-state index in [1.165, 1.54) is 24.9 Å². The molecule has 0 amide bonds. The molecule has 5 rings (SSSR count). The van der Waals surface area contributed by atoms with Crippen molar-refractivity contribution in [3.8, 4) is 22.8 Å². The summed E-state index contributed by atoms with van der Waals surface area (Å²) < 4.78 is 24.2. The summed E-state index contributed by atoms with van der Waals surface area (Å²) in [5, 5.41) is 9.39. The Morgan fingerprint density at radius 2 is 1.88 bits per heavy atom. The Hall–Kier alpha value is -4.90. The van der Waals surface area contributed by atoms with E-state index in [0.29, 0.717) is 49.2 Å². The van der Waals surface area contributed by atoms with Crippen LogP contribution in [0.5, 0.6) is 11.5 Å². The molecule has 0 unspecified atom stereocenters. The molecule has 2 aromatic carbocycles. The number of hydrogen-bond acceptors (Lipinski definition) is 9. The standard InChI is InChI=1S/C31H28N2O8S/c1-6-40-30(37)26-17(3)32-31-33(27(26)21-11-9-19(38-4)14-24(21)39-5)28(34)25(42-31)15-20-10-12-23(41-20)22-13-18(29(35)36)8-7-16(22)2/h7-15,27H,6H2,1-5H3,(H,35,36)/b25-15-/t27-/m0/s1. The first kappa shape index (κ1) is 28.6. The molecule has 11 heteroatoms. The monoisotopic (exact) mass is 588 g/mol. The van der Waals surface area contributed by atoms with Crippen molar-refractivity contribution < 1.29 is 33.3 Å². The van der Waals surface area contributed by atoms with Crippen LogP contribution in [-0.4, -0.2) is 42.4 Å². The van der Waals surface area contributed by atoms with Crippen LogP contribution in [0.3, 0.4) is 0 Å². The highest BCUT2D eigenvalue weighted by molar-refractivity contribution is 7.07. The third-order valence-electron chi connectivity index (χ3n) is 6.90. The third kappa shape index (κ3) is 5.14. The summed E-state index contributed by atoms with van der Waals surface area (Å²) in [5.74, 6) is 0.237. The predicted molar refractivity (Wildman–Crippen MR) is 156 cm³/mol.